The van der Waals surface area contributed by atoms with Gasteiger partial charge < -0.3 is 15.2 Å². The summed E-state index contributed by atoms with van der Waals surface area (Å²) in [4.78, 5) is 23.8. The van der Waals surface area contributed by atoms with Crippen molar-refractivity contribution in [2.75, 3.05) is 6.61 Å². The van der Waals surface area contributed by atoms with Crippen molar-refractivity contribution in [1.82, 2.24) is 0 Å². The second-order valence-electron chi connectivity index (χ2n) is 6.62. The van der Waals surface area contributed by atoms with Gasteiger partial charge in [0, 0.05) is 5.92 Å². The summed E-state index contributed by atoms with van der Waals surface area (Å²) in [6, 6.07) is 15.2. The van der Waals surface area contributed by atoms with Crippen LogP contribution in [0.2, 0.25) is 0 Å². The molecule has 0 unspecified atom stereocenters. The first kappa shape index (κ1) is 18.1. The van der Waals surface area contributed by atoms with Crippen LogP contribution in [-0.4, -0.2) is 24.8 Å². The largest absolute Gasteiger partial charge is 0.516 e. The summed E-state index contributed by atoms with van der Waals surface area (Å²) < 4.78 is 9.98. The summed E-state index contributed by atoms with van der Waals surface area (Å²) in [6.07, 6.45) is -0.281. The molecule has 5 nitrogen and oxygen atoms in total. The molecule has 26 heavy (non-hydrogen) atoms. The Bertz CT molecular complexity index is 772. The number of fused-ring (bicyclic) bond motifs is 3. The van der Waals surface area contributed by atoms with Crippen LogP contribution >= 0.6 is 0 Å². The number of hydrogen-bond donors (Lipinski definition) is 1. The minimum absolute atomic E-state index is 0.0658. The Balaban J connectivity index is 1.67. The van der Waals surface area contributed by atoms with Crippen LogP contribution in [0.1, 0.15) is 37.3 Å². The van der Waals surface area contributed by atoms with Crippen molar-refractivity contribution < 1.29 is 19.1 Å². The number of rotatable bonds is 5. The quantitative estimate of drug-likeness (QED) is 0.652. The molecule has 0 saturated carbocycles. The van der Waals surface area contributed by atoms with Crippen LogP contribution in [0, 0.1) is 5.92 Å². The number of carbonyl (C=O) groups is 2. The molecule has 0 aliphatic heterocycles. The Morgan fingerprint density at radius 1 is 1.04 bits per heavy atom. The van der Waals surface area contributed by atoms with Gasteiger partial charge >= 0.3 is 12.1 Å². The molecule has 0 aromatic heterocycles. The minimum Gasteiger partial charge on any atom is -0.433 e. The van der Waals surface area contributed by atoms with Crippen molar-refractivity contribution in [3.63, 3.8) is 0 Å². The average Bonchev–Trinajstić information content (AvgIpc) is 2.99. The lowest BCUT2D eigenvalue weighted by atomic mass is 9.98. The van der Waals surface area contributed by atoms with Crippen molar-refractivity contribution in [2.45, 2.75) is 32.2 Å². The van der Waals surface area contributed by atoms with Gasteiger partial charge in [-0.1, -0.05) is 68.8 Å². The third-order valence-electron chi connectivity index (χ3n) is 5.04. The van der Waals surface area contributed by atoms with Crippen LogP contribution < -0.4 is 5.73 Å². The number of carbonyl (C=O) groups excluding carboxylic acids is 2. The third kappa shape index (κ3) is 3.48. The zero-order chi connectivity index (χ0) is 18.7. The molecule has 2 aromatic carbocycles. The predicted octanol–water partition coefficient (Wildman–Crippen LogP) is 3.85. The average molecular weight is 353 g/mol. The smallest absolute Gasteiger partial charge is 0.433 e. The summed E-state index contributed by atoms with van der Waals surface area (Å²) in [6.45, 7) is 3.87. The Hall–Kier alpha value is -2.66. The molecule has 0 radical (unpaired) electrons. The molecule has 2 atom stereocenters. The molecule has 3 rings (SSSR count). The first-order chi connectivity index (χ1) is 12.5. The SMILES string of the molecule is CC[C@H](C)[C@H](N)C(=O)OC(=O)OCC1c2ccccc2-c2ccccc21. The molecule has 2 N–H and O–H groups in total. The lowest BCUT2D eigenvalue weighted by molar-refractivity contribution is -0.142. The highest BCUT2D eigenvalue weighted by molar-refractivity contribution is 5.85. The summed E-state index contributed by atoms with van der Waals surface area (Å²) >= 11 is 0. The topological polar surface area (TPSA) is 78.6 Å². The standard InChI is InChI=1S/C21H23NO4/c1-3-13(2)19(22)20(23)26-21(24)25-12-18-16-10-6-4-8-14(16)15-9-5-7-11-17(15)18/h4-11,13,18-19H,3,12,22H2,1-2H3/t13-,19-/m0/s1. The maximum absolute atomic E-state index is 11.9. The fourth-order valence-electron chi connectivity index (χ4n) is 3.26. The summed E-state index contributed by atoms with van der Waals surface area (Å²) in [5, 5.41) is 0. The van der Waals surface area contributed by atoms with Crippen molar-refractivity contribution in [3.8, 4) is 11.1 Å². The summed E-state index contributed by atoms with van der Waals surface area (Å²) in [7, 11) is 0. The van der Waals surface area contributed by atoms with Crippen molar-refractivity contribution in [1.29, 1.82) is 0 Å². The maximum Gasteiger partial charge on any atom is 0.516 e. The lowest BCUT2D eigenvalue weighted by Gasteiger charge is -2.17. The van der Waals surface area contributed by atoms with Crippen LogP contribution in [0.5, 0.6) is 0 Å². The highest BCUT2D eigenvalue weighted by Gasteiger charge is 2.30. The molecule has 136 valence electrons. The number of hydrogen-bond acceptors (Lipinski definition) is 5. The first-order valence-electron chi connectivity index (χ1n) is 8.85. The van der Waals surface area contributed by atoms with E-state index < -0.39 is 18.2 Å². The minimum atomic E-state index is -1.00. The summed E-state index contributed by atoms with van der Waals surface area (Å²) in [5.74, 6) is -0.895. The molecular weight excluding hydrogens is 330 g/mol. The maximum atomic E-state index is 11.9. The number of nitrogens with two attached hydrogens (primary N) is 1. The number of ether oxygens (including phenoxy) is 2. The van der Waals surface area contributed by atoms with E-state index in [0.29, 0.717) is 0 Å². The van der Waals surface area contributed by atoms with Gasteiger partial charge in [0.2, 0.25) is 0 Å². The van der Waals surface area contributed by atoms with Crippen LogP contribution in [0.15, 0.2) is 48.5 Å². The first-order valence-corrected chi connectivity index (χ1v) is 8.85. The normalized spacial score (nSPS) is 14.9. The molecule has 1 aliphatic carbocycles. The van der Waals surface area contributed by atoms with Gasteiger partial charge in [-0.05, 0) is 28.2 Å². The van der Waals surface area contributed by atoms with Crippen LogP contribution in [0.4, 0.5) is 4.79 Å². The van der Waals surface area contributed by atoms with Gasteiger partial charge in [-0.3, -0.25) is 0 Å². The van der Waals surface area contributed by atoms with Gasteiger partial charge in [-0.2, -0.15) is 0 Å². The lowest BCUT2D eigenvalue weighted by Crippen LogP contribution is -2.39. The number of esters is 1. The van der Waals surface area contributed by atoms with E-state index in [2.05, 4.69) is 12.1 Å². The fourth-order valence-corrected chi connectivity index (χ4v) is 3.26. The molecule has 0 saturated heterocycles. The van der Waals surface area contributed by atoms with Gasteiger partial charge in [0.1, 0.15) is 12.6 Å². The molecule has 0 amide bonds. The molecule has 0 bridgehead atoms. The highest BCUT2D eigenvalue weighted by atomic mass is 16.7. The van der Waals surface area contributed by atoms with Gasteiger partial charge in [-0.15, -0.1) is 0 Å². The van der Waals surface area contributed by atoms with E-state index in [4.69, 9.17) is 15.2 Å². The molecule has 5 heteroatoms. The molecule has 2 aromatic rings. The summed E-state index contributed by atoms with van der Waals surface area (Å²) in [5.41, 5.74) is 10.3. The van der Waals surface area contributed by atoms with Gasteiger partial charge in [-0.25, -0.2) is 9.59 Å². The zero-order valence-corrected chi connectivity index (χ0v) is 15.0. The van der Waals surface area contributed by atoms with Gasteiger partial charge in [0.25, 0.3) is 0 Å². The molecule has 0 heterocycles. The second-order valence-corrected chi connectivity index (χ2v) is 6.62. The van der Waals surface area contributed by atoms with E-state index in [-0.39, 0.29) is 18.4 Å². The molecule has 0 fully saturated rings. The van der Waals surface area contributed by atoms with Crippen molar-refractivity contribution in [2.24, 2.45) is 11.7 Å². The Kier molecular flexibility index (Phi) is 5.38. The van der Waals surface area contributed by atoms with E-state index in [1.807, 2.05) is 50.2 Å². The monoisotopic (exact) mass is 353 g/mol. The van der Waals surface area contributed by atoms with E-state index in [9.17, 15) is 9.59 Å². The fraction of sp³-hybridized carbons (Fsp3) is 0.333. The van der Waals surface area contributed by atoms with E-state index in [0.717, 1.165) is 28.7 Å². The van der Waals surface area contributed by atoms with Gasteiger partial charge in [0.15, 0.2) is 0 Å². The van der Waals surface area contributed by atoms with Gasteiger partial charge in [0.05, 0.1) is 0 Å². The van der Waals surface area contributed by atoms with E-state index >= 15 is 0 Å². The van der Waals surface area contributed by atoms with Crippen LogP contribution in [0.3, 0.4) is 0 Å². The zero-order valence-electron chi connectivity index (χ0n) is 15.0. The Morgan fingerprint density at radius 3 is 2.12 bits per heavy atom. The second kappa shape index (κ2) is 7.70. The molecule has 1 aliphatic rings. The predicted molar refractivity (Wildman–Crippen MR) is 98.6 cm³/mol. The molecular formula is C21H23NO4. The third-order valence-corrected chi connectivity index (χ3v) is 5.04. The van der Waals surface area contributed by atoms with E-state index in [1.165, 1.54) is 0 Å². The Morgan fingerprint density at radius 2 is 1.58 bits per heavy atom. The van der Waals surface area contributed by atoms with Crippen LogP contribution in [-0.2, 0) is 14.3 Å². The molecule has 0 spiro atoms. The Labute approximate surface area is 153 Å². The highest BCUT2D eigenvalue weighted by Crippen LogP contribution is 2.44. The number of benzene rings is 2. The van der Waals surface area contributed by atoms with Crippen molar-refractivity contribution in [3.05, 3.63) is 59.7 Å². The van der Waals surface area contributed by atoms with Crippen molar-refractivity contribution >= 4 is 12.1 Å². The van der Waals surface area contributed by atoms with Crippen LogP contribution in [0.25, 0.3) is 11.1 Å². The van der Waals surface area contributed by atoms with E-state index in [1.54, 1.807) is 0 Å².